The summed E-state index contributed by atoms with van der Waals surface area (Å²) in [5.41, 5.74) is 15.2. The molecule has 59 heavy (non-hydrogen) atoms. The summed E-state index contributed by atoms with van der Waals surface area (Å²) in [6.07, 6.45) is 0. The second-order valence-corrected chi connectivity index (χ2v) is 14.6. The van der Waals surface area contributed by atoms with E-state index in [1.165, 1.54) is 11.1 Å². The molecule has 0 saturated heterocycles. The van der Waals surface area contributed by atoms with Gasteiger partial charge in [-0.05, 0) is 120 Å². The van der Waals surface area contributed by atoms with Crippen LogP contribution < -0.4 is 24.3 Å². The van der Waals surface area contributed by atoms with Gasteiger partial charge in [0.15, 0.2) is 11.5 Å². The van der Waals surface area contributed by atoms with Gasteiger partial charge in [0.05, 0.1) is 34.1 Å². The van der Waals surface area contributed by atoms with Gasteiger partial charge in [-0.2, -0.15) is 0 Å². The second-order valence-electron chi connectivity index (χ2n) is 14.6. The van der Waals surface area contributed by atoms with Gasteiger partial charge in [-0.3, -0.25) is 0 Å². The number of nitrogens with zero attached hydrogens (tertiary/aromatic N) is 4. The number of ether oxygens (including phenoxy) is 1. The number of anilines is 12. The minimum atomic E-state index is 0.789. The largest absolute Gasteiger partial charge is 0.453 e. The molecule has 11 rings (SSSR count). The SMILES string of the molecule is c1ccc(-c2ccc(N(c3ccc(N4c5ccccc5N(c5ccccc5)c5ccccc54)cc3)c3ccc4c(c3)Oc3ccccc3N4c3ccccc3)cc2)cc1. The number of hydrogen-bond acceptors (Lipinski definition) is 5. The summed E-state index contributed by atoms with van der Waals surface area (Å²) < 4.78 is 6.70. The number of fused-ring (bicyclic) bond motifs is 4. The Morgan fingerprint density at radius 1 is 0.271 bits per heavy atom. The molecule has 2 aliphatic rings. The van der Waals surface area contributed by atoms with Gasteiger partial charge in [-0.25, -0.2) is 0 Å². The molecule has 0 fully saturated rings. The zero-order valence-electron chi connectivity index (χ0n) is 32.1. The molecule has 0 bridgehead atoms. The molecule has 0 aromatic heterocycles. The molecule has 0 unspecified atom stereocenters. The Hall–Kier alpha value is -8.02. The van der Waals surface area contributed by atoms with Crippen LogP contribution in [0.4, 0.5) is 68.2 Å². The maximum absolute atomic E-state index is 6.70. The van der Waals surface area contributed by atoms with Gasteiger partial charge in [0.1, 0.15) is 0 Å². The molecule has 0 radical (unpaired) electrons. The van der Waals surface area contributed by atoms with E-state index < -0.39 is 0 Å². The van der Waals surface area contributed by atoms with Crippen LogP contribution >= 0.6 is 0 Å². The van der Waals surface area contributed by atoms with Crippen LogP contribution in [0, 0.1) is 0 Å². The smallest absolute Gasteiger partial charge is 0.153 e. The van der Waals surface area contributed by atoms with Crippen LogP contribution in [0.1, 0.15) is 0 Å². The van der Waals surface area contributed by atoms with Gasteiger partial charge in [0.2, 0.25) is 0 Å². The molecule has 5 nitrogen and oxygen atoms in total. The third-order valence-corrected chi connectivity index (χ3v) is 11.1. The lowest BCUT2D eigenvalue weighted by Crippen LogP contribution is -2.23. The predicted molar refractivity (Wildman–Crippen MR) is 244 cm³/mol. The highest BCUT2D eigenvalue weighted by atomic mass is 16.5. The average Bonchev–Trinajstić information content (AvgIpc) is 3.31. The minimum absolute atomic E-state index is 0.789. The number of para-hydroxylation sites is 8. The zero-order valence-corrected chi connectivity index (χ0v) is 32.1. The Balaban J connectivity index is 1.02. The molecule has 9 aromatic rings. The Labute approximate surface area is 344 Å². The van der Waals surface area contributed by atoms with Crippen LogP contribution in [0.5, 0.6) is 11.5 Å². The van der Waals surface area contributed by atoms with Gasteiger partial charge in [-0.1, -0.05) is 115 Å². The van der Waals surface area contributed by atoms with Crippen LogP contribution in [-0.2, 0) is 0 Å². The maximum Gasteiger partial charge on any atom is 0.153 e. The van der Waals surface area contributed by atoms with Gasteiger partial charge in [-0.15, -0.1) is 0 Å². The molecule has 0 spiro atoms. The summed E-state index contributed by atoms with van der Waals surface area (Å²) >= 11 is 0. The highest BCUT2D eigenvalue weighted by Crippen LogP contribution is 2.55. The van der Waals surface area contributed by atoms with Crippen LogP contribution in [0.15, 0.2) is 231 Å². The van der Waals surface area contributed by atoms with E-state index in [0.29, 0.717) is 0 Å². The highest BCUT2D eigenvalue weighted by molar-refractivity contribution is 6.01. The second kappa shape index (κ2) is 14.5. The van der Waals surface area contributed by atoms with Crippen molar-refractivity contribution in [3.63, 3.8) is 0 Å². The van der Waals surface area contributed by atoms with Crippen molar-refractivity contribution in [2.75, 3.05) is 19.6 Å². The number of hydrogen-bond donors (Lipinski definition) is 0. The maximum atomic E-state index is 6.70. The Kier molecular flexibility index (Phi) is 8.41. The molecule has 0 saturated carbocycles. The van der Waals surface area contributed by atoms with E-state index in [-0.39, 0.29) is 0 Å². The van der Waals surface area contributed by atoms with E-state index in [1.54, 1.807) is 0 Å². The fourth-order valence-electron chi connectivity index (χ4n) is 8.45. The van der Waals surface area contributed by atoms with Crippen molar-refractivity contribution in [3.8, 4) is 22.6 Å². The lowest BCUT2D eigenvalue weighted by atomic mass is 10.0. The van der Waals surface area contributed by atoms with E-state index in [2.05, 4.69) is 232 Å². The monoisotopic (exact) mass is 758 g/mol. The molecule has 0 N–H and O–H groups in total. The van der Waals surface area contributed by atoms with Crippen molar-refractivity contribution < 1.29 is 4.74 Å². The quantitative estimate of drug-likeness (QED) is 0.161. The van der Waals surface area contributed by atoms with E-state index >= 15 is 0 Å². The van der Waals surface area contributed by atoms with Crippen molar-refractivity contribution in [1.29, 1.82) is 0 Å². The van der Waals surface area contributed by atoms with Gasteiger partial charge < -0.3 is 24.3 Å². The van der Waals surface area contributed by atoms with Crippen molar-refractivity contribution in [2.24, 2.45) is 0 Å². The Morgan fingerprint density at radius 2 is 0.644 bits per heavy atom. The first kappa shape index (κ1) is 34.2. The first-order valence-corrected chi connectivity index (χ1v) is 19.9. The van der Waals surface area contributed by atoms with Gasteiger partial charge in [0, 0.05) is 40.2 Å². The molecule has 280 valence electrons. The van der Waals surface area contributed by atoms with Crippen LogP contribution in [0.3, 0.4) is 0 Å². The van der Waals surface area contributed by atoms with Gasteiger partial charge in [0.25, 0.3) is 0 Å². The Morgan fingerprint density at radius 3 is 1.19 bits per heavy atom. The third kappa shape index (κ3) is 6.04. The lowest BCUT2D eigenvalue weighted by molar-refractivity contribution is 0.477. The highest BCUT2D eigenvalue weighted by Gasteiger charge is 2.31. The first-order valence-electron chi connectivity index (χ1n) is 19.9. The standard InChI is InChI=1S/C54H38N4O/c1-4-16-39(17-5-1)40-28-30-43(31-29-40)55(46-36-37-52-54(38-46)59-53-27-15-14-26-51(53)58(52)42-20-8-3-9-21-42)44-32-34-45(35-33-44)57-49-24-12-10-22-47(49)56(41-18-6-2-7-19-41)48-23-11-13-25-50(48)57/h1-38H. The van der Waals surface area contributed by atoms with E-state index in [9.17, 15) is 0 Å². The van der Waals surface area contributed by atoms with E-state index in [0.717, 1.165) is 79.7 Å². The predicted octanol–water partition coefficient (Wildman–Crippen LogP) is 15.7. The molecule has 0 amide bonds. The van der Waals surface area contributed by atoms with Crippen molar-refractivity contribution in [3.05, 3.63) is 231 Å². The van der Waals surface area contributed by atoms with Crippen molar-refractivity contribution >= 4 is 68.2 Å². The van der Waals surface area contributed by atoms with Gasteiger partial charge >= 0.3 is 0 Å². The first-order chi connectivity index (χ1) is 29.3. The topological polar surface area (TPSA) is 22.2 Å². The fourth-order valence-corrected chi connectivity index (χ4v) is 8.45. The number of benzene rings is 9. The van der Waals surface area contributed by atoms with Crippen molar-refractivity contribution in [2.45, 2.75) is 0 Å². The summed E-state index contributed by atoms with van der Waals surface area (Å²) in [4.78, 5) is 9.31. The summed E-state index contributed by atoms with van der Waals surface area (Å²) in [7, 11) is 0. The molecule has 0 aliphatic carbocycles. The third-order valence-electron chi connectivity index (χ3n) is 11.1. The summed E-state index contributed by atoms with van der Waals surface area (Å²) in [6.45, 7) is 0. The molecular weight excluding hydrogens is 721 g/mol. The number of rotatable bonds is 7. The minimum Gasteiger partial charge on any atom is -0.453 e. The lowest BCUT2D eigenvalue weighted by Gasteiger charge is -2.40. The molecule has 5 heteroatoms. The van der Waals surface area contributed by atoms with Crippen LogP contribution in [-0.4, -0.2) is 0 Å². The van der Waals surface area contributed by atoms with E-state index in [4.69, 9.17) is 4.74 Å². The van der Waals surface area contributed by atoms with E-state index in [1.807, 2.05) is 18.2 Å². The molecule has 2 heterocycles. The molecular formula is C54H38N4O. The van der Waals surface area contributed by atoms with Crippen LogP contribution in [0.25, 0.3) is 11.1 Å². The van der Waals surface area contributed by atoms with Crippen molar-refractivity contribution in [1.82, 2.24) is 0 Å². The fraction of sp³-hybridized carbons (Fsp3) is 0. The molecule has 2 aliphatic heterocycles. The summed E-state index contributed by atoms with van der Waals surface area (Å²) in [5, 5.41) is 0. The average molecular weight is 759 g/mol. The zero-order chi connectivity index (χ0) is 39.1. The Bertz CT molecular complexity index is 2870. The molecule has 0 atom stereocenters. The normalized spacial score (nSPS) is 12.4. The van der Waals surface area contributed by atoms with Crippen LogP contribution in [0.2, 0.25) is 0 Å². The summed E-state index contributed by atoms with van der Waals surface area (Å²) in [6, 6.07) is 81.4. The molecule has 9 aromatic carbocycles. The summed E-state index contributed by atoms with van der Waals surface area (Å²) in [5.74, 6) is 1.61.